The highest BCUT2D eigenvalue weighted by Crippen LogP contribution is 2.70. The molecule has 5 saturated carbocycles. The van der Waals surface area contributed by atoms with Gasteiger partial charge in [0.25, 0.3) is 0 Å². The van der Waals surface area contributed by atoms with Gasteiger partial charge in [0.15, 0.2) is 5.78 Å². The van der Waals surface area contributed by atoms with Crippen LogP contribution in [0.3, 0.4) is 0 Å². The van der Waals surface area contributed by atoms with Crippen molar-refractivity contribution in [3.05, 3.63) is 11.1 Å². The highest BCUT2D eigenvalue weighted by atomic mass is 16.4. The fourth-order valence-electron chi connectivity index (χ4n) is 13.7. The van der Waals surface area contributed by atoms with E-state index in [1.165, 1.54) is 24.8 Å². The fraction of sp³-hybridized carbons (Fsp3) is 0.857. The Labute approximate surface area is 301 Å². The van der Waals surface area contributed by atoms with Crippen LogP contribution in [0.5, 0.6) is 0 Å². The molecule has 0 bridgehead atoms. The molecule has 0 aliphatic heterocycles. The number of hydrogen-bond donors (Lipinski definition) is 4. The van der Waals surface area contributed by atoms with Crippen molar-refractivity contribution in [3.8, 4) is 0 Å². The summed E-state index contributed by atoms with van der Waals surface area (Å²) in [5.41, 5.74) is 8.22. The van der Waals surface area contributed by atoms with Gasteiger partial charge >= 0.3 is 5.97 Å². The highest BCUT2D eigenvalue weighted by molar-refractivity contribution is 6.01. The van der Waals surface area contributed by atoms with Crippen molar-refractivity contribution in [2.45, 2.75) is 131 Å². The van der Waals surface area contributed by atoms with Gasteiger partial charge in [-0.3, -0.25) is 19.2 Å². The van der Waals surface area contributed by atoms with E-state index in [9.17, 15) is 24.3 Å². The van der Waals surface area contributed by atoms with E-state index in [1.807, 2.05) is 14.0 Å². The Morgan fingerprint density at radius 1 is 0.980 bits per heavy atom. The molecule has 6 aliphatic carbocycles. The first-order valence-electron chi connectivity index (χ1n) is 20.3. The molecular formula is C42H67N3O5. The van der Waals surface area contributed by atoms with E-state index in [0.717, 1.165) is 44.1 Å². The molecule has 0 aromatic heterocycles. The smallest absolute Gasteiger partial charge is 0.306 e. The number of carboxylic acid groups (broad SMARTS) is 1. The number of ketones is 2. The van der Waals surface area contributed by atoms with Crippen molar-refractivity contribution in [1.29, 1.82) is 0 Å². The molecule has 280 valence electrons. The molecule has 5 N–H and O–H groups in total. The number of likely N-dealkylation sites (N-methyl/N-ethyl adjacent to an activating group) is 1. The van der Waals surface area contributed by atoms with Crippen LogP contribution in [0.4, 0.5) is 0 Å². The fourth-order valence-corrected chi connectivity index (χ4v) is 13.7. The standard InChI is InChI=1S/C42H67N3O5/c1-23(2)37-34(47)20-42(21-36(48)45-26(14-17-43)22-44-7)16-13-27-28-9-11-35-40(4,5)25(18-33(46)30-19-31(24(30)3)39(49)50)12-15-41(35,6)32(28)10-8-29(27)38(37)42/h23-32,35,44H,8-22,43H2,1-7H3,(H,45,48)(H,49,50). The first kappa shape index (κ1) is 37.7. The Bertz CT molecular complexity index is 1380. The lowest BCUT2D eigenvalue weighted by Crippen LogP contribution is -2.58. The number of aliphatic carboxylic acids is 1. The van der Waals surface area contributed by atoms with Gasteiger partial charge in [-0.05, 0) is 142 Å². The molecule has 0 aromatic rings. The van der Waals surface area contributed by atoms with E-state index in [1.54, 1.807) is 0 Å². The summed E-state index contributed by atoms with van der Waals surface area (Å²) in [5.74, 6) is 2.67. The average Bonchev–Trinajstić information content (AvgIpc) is 3.33. The maximum atomic E-state index is 13.8. The molecule has 8 nitrogen and oxygen atoms in total. The zero-order valence-electron chi connectivity index (χ0n) is 32.1. The number of amides is 1. The summed E-state index contributed by atoms with van der Waals surface area (Å²) in [6, 6.07) is -0.00534. The van der Waals surface area contributed by atoms with Crippen molar-refractivity contribution < 1.29 is 24.3 Å². The van der Waals surface area contributed by atoms with E-state index in [2.05, 4.69) is 45.3 Å². The molecule has 50 heavy (non-hydrogen) atoms. The van der Waals surface area contributed by atoms with Gasteiger partial charge in [-0.15, -0.1) is 0 Å². The van der Waals surface area contributed by atoms with Gasteiger partial charge in [-0.25, -0.2) is 0 Å². The van der Waals surface area contributed by atoms with Gasteiger partial charge in [-0.2, -0.15) is 0 Å². The first-order valence-corrected chi connectivity index (χ1v) is 20.3. The Balaban J connectivity index is 1.19. The van der Waals surface area contributed by atoms with Gasteiger partial charge in [0.2, 0.25) is 5.91 Å². The number of rotatable bonds is 12. The van der Waals surface area contributed by atoms with Crippen LogP contribution in [-0.4, -0.2) is 54.7 Å². The van der Waals surface area contributed by atoms with Crippen LogP contribution in [-0.2, 0) is 19.2 Å². The second-order valence-corrected chi connectivity index (χ2v) is 19.1. The summed E-state index contributed by atoms with van der Waals surface area (Å²) in [5, 5.41) is 15.9. The van der Waals surface area contributed by atoms with Crippen molar-refractivity contribution in [2.24, 2.45) is 81.2 Å². The zero-order valence-corrected chi connectivity index (χ0v) is 32.1. The number of nitrogens with one attached hydrogen (secondary N) is 2. The molecule has 1 amide bonds. The zero-order chi connectivity index (χ0) is 36.3. The maximum Gasteiger partial charge on any atom is 0.306 e. The van der Waals surface area contributed by atoms with E-state index < -0.39 is 5.97 Å². The molecule has 0 aromatic carbocycles. The lowest BCUT2D eigenvalue weighted by Gasteiger charge is -2.65. The van der Waals surface area contributed by atoms with Crippen LogP contribution in [0.25, 0.3) is 0 Å². The summed E-state index contributed by atoms with van der Waals surface area (Å²) < 4.78 is 0. The third-order valence-electron chi connectivity index (χ3n) is 16.1. The minimum absolute atomic E-state index is 0.00534. The van der Waals surface area contributed by atoms with Crippen LogP contribution >= 0.6 is 0 Å². The molecule has 0 spiro atoms. The van der Waals surface area contributed by atoms with Gasteiger partial charge in [0.1, 0.15) is 5.78 Å². The minimum atomic E-state index is -0.760. The Morgan fingerprint density at radius 2 is 1.72 bits per heavy atom. The number of carbonyl (C=O) groups is 4. The number of hydrogen-bond acceptors (Lipinski definition) is 6. The Kier molecular flexibility index (Phi) is 10.6. The molecule has 8 heteroatoms. The van der Waals surface area contributed by atoms with Crippen molar-refractivity contribution >= 4 is 23.4 Å². The Hall–Kier alpha value is -2.06. The molecule has 6 rings (SSSR count). The summed E-state index contributed by atoms with van der Waals surface area (Å²) in [6.07, 6.45) is 11.7. The Morgan fingerprint density at radius 3 is 2.36 bits per heavy atom. The average molecular weight is 694 g/mol. The number of nitrogens with two attached hydrogens (primary N) is 1. The third kappa shape index (κ3) is 6.24. The molecule has 0 heterocycles. The van der Waals surface area contributed by atoms with Crippen LogP contribution in [0.15, 0.2) is 11.1 Å². The molecule has 6 aliphatic rings. The number of fused-ring (bicyclic) bond motifs is 7. The predicted octanol–water partition coefficient (Wildman–Crippen LogP) is 6.56. The topological polar surface area (TPSA) is 139 Å². The van der Waals surface area contributed by atoms with Crippen LogP contribution in [0, 0.1) is 75.4 Å². The summed E-state index contributed by atoms with van der Waals surface area (Å²) in [7, 11) is 1.90. The second kappa shape index (κ2) is 14.1. The monoisotopic (exact) mass is 694 g/mol. The first-order chi connectivity index (χ1) is 23.6. The molecule has 0 saturated heterocycles. The second-order valence-electron chi connectivity index (χ2n) is 19.1. The summed E-state index contributed by atoms with van der Waals surface area (Å²) >= 11 is 0. The van der Waals surface area contributed by atoms with E-state index in [-0.39, 0.29) is 57.6 Å². The van der Waals surface area contributed by atoms with Crippen LogP contribution < -0.4 is 16.4 Å². The largest absolute Gasteiger partial charge is 0.481 e. The highest BCUT2D eigenvalue weighted by Gasteiger charge is 2.63. The van der Waals surface area contributed by atoms with Gasteiger partial charge < -0.3 is 21.5 Å². The summed E-state index contributed by atoms with van der Waals surface area (Å²) in [4.78, 5) is 52.6. The lowest BCUT2D eigenvalue weighted by molar-refractivity contribution is -0.163. The van der Waals surface area contributed by atoms with Gasteiger partial charge in [-0.1, -0.05) is 47.1 Å². The van der Waals surface area contributed by atoms with E-state index >= 15 is 0 Å². The molecule has 0 radical (unpaired) electrons. The molecule has 12 atom stereocenters. The number of Topliss-reactive ketones (excluding diaryl/α,β-unsaturated/α-hetero) is 2. The van der Waals surface area contributed by atoms with Crippen LogP contribution in [0.2, 0.25) is 0 Å². The normalized spacial score (nSPS) is 41.0. The molecule has 12 unspecified atom stereocenters. The molecular weight excluding hydrogens is 626 g/mol. The predicted molar refractivity (Wildman–Crippen MR) is 196 cm³/mol. The third-order valence-corrected chi connectivity index (χ3v) is 16.1. The van der Waals surface area contributed by atoms with Crippen molar-refractivity contribution in [2.75, 3.05) is 20.1 Å². The van der Waals surface area contributed by atoms with Crippen molar-refractivity contribution in [1.82, 2.24) is 10.6 Å². The SMILES string of the molecule is CNCC(CCN)NC(=O)CC12CCC3C(CCC4C3CCC3C(C)(C)C(CC(=O)C5CC(C(=O)O)C5C)CCC43C)C1=C(C(C)C)C(=O)C2. The number of carbonyl (C=O) groups excluding carboxylic acids is 3. The number of carboxylic acids is 1. The molecule has 5 fully saturated rings. The van der Waals surface area contributed by atoms with Gasteiger partial charge in [0, 0.05) is 43.2 Å². The minimum Gasteiger partial charge on any atom is -0.481 e. The van der Waals surface area contributed by atoms with Gasteiger partial charge in [0.05, 0.1) is 5.92 Å². The lowest BCUT2D eigenvalue weighted by atomic mass is 9.39. The number of allylic oxidation sites excluding steroid dienone is 2. The van der Waals surface area contributed by atoms with E-state index in [0.29, 0.717) is 80.1 Å². The maximum absolute atomic E-state index is 13.8. The quantitative estimate of drug-likeness (QED) is 0.182. The van der Waals surface area contributed by atoms with E-state index in [4.69, 9.17) is 5.73 Å². The van der Waals surface area contributed by atoms with Crippen LogP contribution in [0.1, 0.15) is 125 Å². The van der Waals surface area contributed by atoms with Crippen molar-refractivity contribution in [3.63, 3.8) is 0 Å². The summed E-state index contributed by atoms with van der Waals surface area (Å²) in [6.45, 7) is 14.9.